The fraction of sp³-hybridized carbons (Fsp3) is 0.250. The monoisotopic (exact) mass is 242 g/mol. The molecule has 1 rings (SSSR count). The molecular formula is C8H8BrClMg. The third-order valence-corrected chi connectivity index (χ3v) is 1.89. The molecule has 0 nitrogen and oxygen atoms in total. The molecule has 0 heterocycles. The molecule has 0 radical (unpaired) electrons. The standard InChI is InChI=1S/C8H8Cl.BrH.Mg/c1-6-4-3-5-7(2)8(6)9;;/h4-5H,1-2H3;1H;/q-1;;+2/p-1. The summed E-state index contributed by atoms with van der Waals surface area (Å²) in [4.78, 5) is 0. The maximum atomic E-state index is 5.86. The fourth-order valence-corrected chi connectivity index (χ4v) is 0.839. The van der Waals surface area contributed by atoms with E-state index in [0.717, 1.165) is 16.1 Å². The van der Waals surface area contributed by atoms with E-state index in [1.807, 2.05) is 26.0 Å². The van der Waals surface area contributed by atoms with Gasteiger partial charge in [-0.3, -0.25) is 0 Å². The van der Waals surface area contributed by atoms with Gasteiger partial charge in [-0.15, -0.1) is 22.7 Å². The molecule has 0 amide bonds. The van der Waals surface area contributed by atoms with Gasteiger partial charge in [0.2, 0.25) is 0 Å². The molecule has 0 aromatic heterocycles. The van der Waals surface area contributed by atoms with Gasteiger partial charge in [0, 0.05) is 0 Å². The van der Waals surface area contributed by atoms with Crippen LogP contribution in [-0.4, -0.2) is 23.1 Å². The second-order valence-corrected chi connectivity index (χ2v) is 2.51. The molecule has 1 aromatic carbocycles. The van der Waals surface area contributed by atoms with Crippen LogP contribution in [0.4, 0.5) is 0 Å². The van der Waals surface area contributed by atoms with Crippen molar-refractivity contribution in [1.82, 2.24) is 0 Å². The summed E-state index contributed by atoms with van der Waals surface area (Å²) in [6, 6.07) is 6.75. The molecule has 0 fully saturated rings. The fourth-order valence-electron chi connectivity index (χ4n) is 0.729. The SMILES string of the molecule is Cc1c[c-]cc(C)c1Cl.[Br-].[Mg+2]. The van der Waals surface area contributed by atoms with Gasteiger partial charge >= 0.3 is 23.1 Å². The minimum atomic E-state index is 0. The number of hydrogen-bond donors (Lipinski definition) is 0. The van der Waals surface area contributed by atoms with Crippen LogP contribution in [0.2, 0.25) is 5.02 Å². The minimum absolute atomic E-state index is 0. The topological polar surface area (TPSA) is 0 Å². The van der Waals surface area contributed by atoms with Crippen LogP contribution < -0.4 is 17.0 Å². The average molecular weight is 244 g/mol. The van der Waals surface area contributed by atoms with Gasteiger partial charge in [-0.1, -0.05) is 18.9 Å². The zero-order valence-electron chi connectivity index (χ0n) is 6.62. The zero-order chi connectivity index (χ0) is 6.85. The van der Waals surface area contributed by atoms with Gasteiger partial charge < -0.3 is 17.0 Å². The molecule has 0 bridgehead atoms. The number of halogens is 2. The summed E-state index contributed by atoms with van der Waals surface area (Å²) in [5, 5.41) is 0.855. The average Bonchev–Trinajstić information content (AvgIpc) is 1.83. The van der Waals surface area contributed by atoms with E-state index in [9.17, 15) is 0 Å². The molecule has 56 valence electrons. The van der Waals surface area contributed by atoms with Crippen LogP contribution in [-0.2, 0) is 0 Å². The van der Waals surface area contributed by atoms with Crippen LogP contribution in [0.25, 0.3) is 0 Å². The Morgan fingerprint density at radius 2 is 1.55 bits per heavy atom. The van der Waals surface area contributed by atoms with Gasteiger partial charge in [-0.25, -0.2) is 0 Å². The van der Waals surface area contributed by atoms with E-state index in [4.69, 9.17) is 11.6 Å². The summed E-state index contributed by atoms with van der Waals surface area (Å²) in [5.41, 5.74) is 2.19. The molecule has 0 saturated heterocycles. The summed E-state index contributed by atoms with van der Waals surface area (Å²) in [6.45, 7) is 3.96. The van der Waals surface area contributed by atoms with E-state index in [1.54, 1.807) is 0 Å². The predicted octanol–water partition coefficient (Wildman–Crippen LogP) is -0.620. The van der Waals surface area contributed by atoms with Crippen molar-refractivity contribution in [2.75, 3.05) is 0 Å². The molecule has 1 aromatic rings. The Kier molecular flexibility index (Phi) is 8.17. The van der Waals surface area contributed by atoms with E-state index in [1.165, 1.54) is 0 Å². The van der Waals surface area contributed by atoms with Gasteiger partial charge in [0.1, 0.15) is 0 Å². The maximum absolute atomic E-state index is 5.86. The van der Waals surface area contributed by atoms with Crippen LogP contribution in [0.5, 0.6) is 0 Å². The second kappa shape index (κ2) is 6.29. The van der Waals surface area contributed by atoms with Crippen molar-refractivity contribution in [3.05, 3.63) is 34.3 Å². The first-order valence-corrected chi connectivity index (χ1v) is 3.22. The van der Waals surface area contributed by atoms with Gasteiger partial charge in [0.15, 0.2) is 0 Å². The zero-order valence-corrected chi connectivity index (χ0v) is 10.4. The van der Waals surface area contributed by atoms with Gasteiger partial charge in [0.25, 0.3) is 0 Å². The largest absolute Gasteiger partial charge is 2.00 e. The van der Waals surface area contributed by atoms with E-state index in [-0.39, 0.29) is 40.0 Å². The van der Waals surface area contributed by atoms with Crippen LogP contribution in [0.3, 0.4) is 0 Å². The molecule has 0 aliphatic heterocycles. The van der Waals surface area contributed by atoms with E-state index in [2.05, 4.69) is 6.07 Å². The van der Waals surface area contributed by atoms with Gasteiger partial charge in [-0.05, 0) is 0 Å². The predicted molar refractivity (Wildman–Crippen MR) is 45.5 cm³/mol. The van der Waals surface area contributed by atoms with Crippen molar-refractivity contribution >= 4 is 34.7 Å². The third-order valence-electron chi connectivity index (χ3n) is 1.29. The van der Waals surface area contributed by atoms with Crippen LogP contribution in [0.15, 0.2) is 12.1 Å². The molecule has 0 aliphatic rings. The molecular weight excluding hydrogens is 236 g/mol. The number of hydrogen-bond acceptors (Lipinski definition) is 0. The Hall–Kier alpha value is 0.756. The molecule has 0 spiro atoms. The third kappa shape index (κ3) is 3.79. The van der Waals surface area contributed by atoms with E-state index < -0.39 is 0 Å². The van der Waals surface area contributed by atoms with Crippen molar-refractivity contribution in [2.45, 2.75) is 13.8 Å². The number of rotatable bonds is 0. The molecule has 11 heavy (non-hydrogen) atoms. The molecule has 0 saturated carbocycles. The van der Waals surface area contributed by atoms with Crippen molar-refractivity contribution in [3.63, 3.8) is 0 Å². The summed E-state index contributed by atoms with van der Waals surface area (Å²) >= 11 is 5.86. The molecule has 0 aliphatic carbocycles. The molecule has 0 atom stereocenters. The molecule has 0 N–H and O–H groups in total. The Bertz CT molecular complexity index is 205. The van der Waals surface area contributed by atoms with Gasteiger partial charge in [0.05, 0.1) is 0 Å². The van der Waals surface area contributed by atoms with Crippen LogP contribution in [0, 0.1) is 19.9 Å². The quantitative estimate of drug-likeness (QED) is 0.421. The minimum Gasteiger partial charge on any atom is -1.00 e. The number of benzene rings is 1. The first-order chi connectivity index (χ1) is 4.22. The Balaban J connectivity index is 0. The summed E-state index contributed by atoms with van der Waals surface area (Å²) in [5.74, 6) is 0. The van der Waals surface area contributed by atoms with Crippen molar-refractivity contribution in [3.8, 4) is 0 Å². The van der Waals surface area contributed by atoms with Crippen LogP contribution in [0.1, 0.15) is 11.1 Å². The second-order valence-electron chi connectivity index (χ2n) is 2.14. The Morgan fingerprint density at radius 3 is 1.82 bits per heavy atom. The van der Waals surface area contributed by atoms with Crippen molar-refractivity contribution < 1.29 is 17.0 Å². The summed E-state index contributed by atoms with van der Waals surface area (Å²) in [7, 11) is 0. The molecule has 0 unspecified atom stereocenters. The molecule has 3 heteroatoms. The van der Waals surface area contributed by atoms with Crippen molar-refractivity contribution in [2.24, 2.45) is 0 Å². The first-order valence-electron chi connectivity index (χ1n) is 2.84. The van der Waals surface area contributed by atoms with Crippen LogP contribution >= 0.6 is 11.6 Å². The number of aryl methyl sites for hydroxylation is 2. The first kappa shape index (κ1) is 14.3. The summed E-state index contributed by atoms with van der Waals surface area (Å²) in [6.07, 6.45) is 0. The smallest absolute Gasteiger partial charge is 1.00 e. The Labute approximate surface area is 99.2 Å². The van der Waals surface area contributed by atoms with Crippen molar-refractivity contribution in [1.29, 1.82) is 0 Å². The summed E-state index contributed by atoms with van der Waals surface area (Å²) < 4.78 is 0. The maximum Gasteiger partial charge on any atom is 2.00 e. The Morgan fingerprint density at radius 1 is 1.18 bits per heavy atom. The normalized spacial score (nSPS) is 7.91. The van der Waals surface area contributed by atoms with Gasteiger partial charge in [-0.2, -0.15) is 18.2 Å². The van der Waals surface area contributed by atoms with E-state index in [0.29, 0.717) is 0 Å². The van der Waals surface area contributed by atoms with E-state index >= 15 is 0 Å².